The van der Waals surface area contributed by atoms with Crippen molar-refractivity contribution in [2.24, 2.45) is 5.92 Å². The number of hydrogen-bond acceptors (Lipinski definition) is 1. The number of rotatable bonds is 4. The average Bonchev–Trinajstić information content (AvgIpc) is 2.44. The summed E-state index contributed by atoms with van der Waals surface area (Å²) in [4.78, 5) is 0. The highest BCUT2D eigenvalue weighted by Crippen LogP contribution is 2.33. The van der Waals surface area contributed by atoms with Crippen LogP contribution in [0.2, 0.25) is 0 Å². The first kappa shape index (κ1) is 13.2. The van der Waals surface area contributed by atoms with Gasteiger partial charge in [-0.05, 0) is 40.5 Å². The lowest BCUT2D eigenvalue weighted by Gasteiger charge is -2.17. The first-order valence-corrected chi connectivity index (χ1v) is 6.81. The van der Waals surface area contributed by atoms with Gasteiger partial charge in [-0.25, -0.2) is 0 Å². The minimum absolute atomic E-state index is 0.0847. The highest BCUT2D eigenvalue weighted by atomic mass is 35.5. The fourth-order valence-electron chi connectivity index (χ4n) is 2.08. The molecule has 0 aliphatic heterocycles. The van der Waals surface area contributed by atoms with E-state index >= 15 is 0 Å². The lowest BCUT2D eigenvalue weighted by Crippen LogP contribution is -2.02. The minimum Gasteiger partial charge on any atom is -0.497 e. The summed E-state index contributed by atoms with van der Waals surface area (Å²) in [5.41, 5.74) is 1.20. The van der Waals surface area contributed by atoms with Gasteiger partial charge in [0.05, 0.1) is 12.5 Å². The largest absolute Gasteiger partial charge is 0.497 e. The van der Waals surface area contributed by atoms with Crippen molar-refractivity contribution in [1.29, 1.82) is 0 Å². The Balaban J connectivity index is 2.38. The molecule has 0 N–H and O–H groups in total. The van der Waals surface area contributed by atoms with Gasteiger partial charge in [0, 0.05) is 0 Å². The Morgan fingerprint density at radius 2 is 1.78 bits per heavy atom. The van der Waals surface area contributed by atoms with Crippen LogP contribution < -0.4 is 4.74 Å². The molecule has 2 aromatic rings. The number of halogens is 1. The summed E-state index contributed by atoms with van der Waals surface area (Å²) in [6.45, 7) is 4.36. The molecule has 2 heteroatoms. The molecule has 2 rings (SSSR count). The van der Waals surface area contributed by atoms with Crippen LogP contribution in [0.15, 0.2) is 36.4 Å². The lowest BCUT2D eigenvalue weighted by molar-refractivity contribution is 0.415. The van der Waals surface area contributed by atoms with E-state index in [4.69, 9.17) is 16.3 Å². The smallest absolute Gasteiger partial charge is 0.119 e. The summed E-state index contributed by atoms with van der Waals surface area (Å²) in [6.07, 6.45) is 1.09. The van der Waals surface area contributed by atoms with Crippen LogP contribution in [0.5, 0.6) is 5.75 Å². The number of benzene rings is 2. The van der Waals surface area contributed by atoms with Gasteiger partial charge in [-0.2, -0.15) is 0 Å². The molecule has 96 valence electrons. The van der Waals surface area contributed by atoms with Crippen LogP contribution in [0.1, 0.15) is 31.2 Å². The summed E-state index contributed by atoms with van der Waals surface area (Å²) >= 11 is 6.49. The van der Waals surface area contributed by atoms with E-state index in [2.05, 4.69) is 38.1 Å². The van der Waals surface area contributed by atoms with Crippen LogP contribution in [-0.2, 0) is 0 Å². The Morgan fingerprint density at radius 3 is 2.44 bits per heavy atom. The van der Waals surface area contributed by atoms with Crippen LogP contribution in [0.25, 0.3) is 10.8 Å². The highest BCUT2D eigenvalue weighted by Gasteiger charge is 2.15. The summed E-state index contributed by atoms with van der Waals surface area (Å²) in [5, 5.41) is 2.48. The molecule has 0 spiro atoms. The molecule has 0 saturated heterocycles. The van der Waals surface area contributed by atoms with E-state index in [1.807, 2.05) is 12.1 Å². The van der Waals surface area contributed by atoms with Crippen molar-refractivity contribution in [3.63, 3.8) is 0 Å². The minimum atomic E-state index is 0.0847. The Kier molecular flexibility index (Phi) is 4.13. The fraction of sp³-hybridized carbons (Fsp3) is 0.375. The van der Waals surface area contributed by atoms with E-state index < -0.39 is 0 Å². The van der Waals surface area contributed by atoms with Crippen molar-refractivity contribution in [3.8, 4) is 5.75 Å². The topological polar surface area (TPSA) is 9.23 Å². The van der Waals surface area contributed by atoms with Crippen molar-refractivity contribution in [2.75, 3.05) is 7.11 Å². The molecular formula is C16H19ClO. The molecule has 0 amide bonds. The second-order valence-corrected chi connectivity index (χ2v) is 5.23. The van der Waals surface area contributed by atoms with Crippen molar-refractivity contribution in [1.82, 2.24) is 0 Å². The predicted molar refractivity (Wildman–Crippen MR) is 78.5 cm³/mol. The highest BCUT2D eigenvalue weighted by molar-refractivity contribution is 6.21. The van der Waals surface area contributed by atoms with Crippen molar-refractivity contribution >= 4 is 22.4 Å². The second kappa shape index (κ2) is 5.62. The average molecular weight is 263 g/mol. The molecular weight excluding hydrogens is 244 g/mol. The Bertz CT molecular complexity index is 536. The quantitative estimate of drug-likeness (QED) is 0.691. The fourth-order valence-corrected chi connectivity index (χ4v) is 2.39. The van der Waals surface area contributed by atoms with Crippen molar-refractivity contribution in [3.05, 3.63) is 42.0 Å². The second-order valence-electron chi connectivity index (χ2n) is 4.76. The molecule has 0 bridgehead atoms. The number of fused-ring (bicyclic) bond motifs is 1. The van der Waals surface area contributed by atoms with Gasteiger partial charge in [0.25, 0.3) is 0 Å². The van der Waals surface area contributed by atoms with E-state index in [9.17, 15) is 0 Å². The van der Waals surface area contributed by atoms with E-state index in [1.165, 1.54) is 16.3 Å². The summed E-state index contributed by atoms with van der Waals surface area (Å²) in [5.74, 6) is 1.38. The van der Waals surface area contributed by atoms with Gasteiger partial charge in [0.1, 0.15) is 5.75 Å². The molecule has 0 fully saturated rings. The number of methoxy groups -OCH3 is 1. The first-order chi connectivity index (χ1) is 8.65. The third-order valence-electron chi connectivity index (χ3n) is 3.53. The summed E-state index contributed by atoms with van der Waals surface area (Å²) in [7, 11) is 1.69. The molecule has 0 aliphatic carbocycles. The third kappa shape index (κ3) is 2.62. The zero-order valence-electron chi connectivity index (χ0n) is 11.1. The number of alkyl halides is 1. The SMILES string of the molecule is CCC(C)C(Cl)c1ccc2cc(OC)ccc2c1. The predicted octanol–water partition coefficient (Wildman–Crippen LogP) is 5.17. The third-order valence-corrected chi connectivity index (χ3v) is 4.22. The molecule has 2 aromatic carbocycles. The van der Waals surface area contributed by atoms with Gasteiger partial charge >= 0.3 is 0 Å². The molecule has 0 aromatic heterocycles. The molecule has 1 nitrogen and oxygen atoms in total. The Labute approximate surface area is 114 Å². The molecule has 0 heterocycles. The van der Waals surface area contributed by atoms with Gasteiger partial charge in [0.2, 0.25) is 0 Å². The van der Waals surface area contributed by atoms with E-state index in [0.29, 0.717) is 5.92 Å². The standard InChI is InChI=1S/C16H19ClO/c1-4-11(2)16(17)14-6-5-13-10-15(18-3)8-7-12(13)9-14/h5-11,16H,4H2,1-3H3. The molecule has 18 heavy (non-hydrogen) atoms. The van der Waals surface area contributed by atoms with Crippen LogP contribution in [-0.4, -0.2) is 7.11 Å². The summed E-state index contributed by atoms with van der Waals surface area (Å²) < 4.78 is 5.23. The van der Waals surface area contributed by atoms with E-state index in [1.54, 1.807) is 7.11 Å². The van der Waals surface area contributed by atoms with Gasteiger partial charge < -0.3 is 4.74 Å². The zero-order chi connectivity index (χ0) is 13.1. The molecule has 0 aliphatic rings. The van der Waals surface area contributed by atoms with Crippen LogP contribution in [0.4, 0.5) is 0 Å². The maximum atomic E-state index is 6.49. The van der Waals surface area contributed by atoms with Crippen LogP contribution in [0, 0.1) is 5.92 Å². The molecule has 0 radical (unpaired) electrons. The van der Waals surface area contributed by atoms with Gasteiger partial charge in [-0.3, -0.25) is 0 Å². The van der Waals surface area contributed by atoms with E-state index in [-0.39, 0.29) is 5.38 Å². The molecule has 2 atom stereocenters. The van der Waals surface area contributed by atoms with Gasteiger partial charge in [0.15, 0.2) is 0 Å². The lowest BCUT2D eigenvalue weighted by atomic mass is 9.96. The Morgan fingerprint density at radius 1 is 1.11 bits per heavy atom. The van der Waals surface area contributed by atoms with E-state index in [0.717, 1.165) is 12.2 Å². The Hall–Kier alpha value is -1.21. The monoisotopic (exact) mass is 262 g/mol. The van der Waals surface area contributed by atoms with Gasteiger partial charge in [-0.15, -0.1) is 11.6 Å². The van der Waals surface area contributed by atoms with Crippen molar-refractivity contribution < 1.29 is 4.74 Å². The maximum absolute atomic E-state index is 6.49. The van der Waals surface area contributed by atoms with Crippen LogP contribution >= 0.6 is 11.6 Å². The van der Waals surface area contributed by atoms with Crippen molar-refractivity contribution in [2.45, 2.75) is 25.6 Å². The van der Waals surface area contributed by atoms with Crippen LogP contribution in [0.3, 0.4) is 0 Å². The number of hydrogen-bond donors (Lipinski definition) is 0. The zero-order valence-corrected chi connectivity index (χ0v) is 11.9. The first-order valence-electron chi connectivity index (χ1n) is 6.37. The van der Waals surface area contributed by atoms with Gasteiger partial charge in [-0.1, -0.05) is 38.5 Å². The summed E-state index contributed by atoms with van der Waals surface area (Å²) in [6, 6.07) is 12.5. The normalized spacial score (nSPS) is 14.4. The maximum Gasteiger partial charge on any atom is 0.119 e. The molecule has 0 saturated carbocycles. The molecule has 2 unspecified atom stereocenters. The number of ether oxygens (including phenoxy) is 1.